The lowest BCUT2D eigenvalue weighted by molar-refractivity contribution is 0.0647. The fraction of sp³-hybridized carbons (Fsp3) is 0.750. The molecule has 0 amide bonds. The van der Waals surface area contributed by atoms with Gasteiger partial charge in [0.25, 0.3) is 0 Å². The van der Waals surface area contributed by atoms with Gasteiger partial charge in [-0.1, -0.05) is 0 Å². The number of aryl methyl sites for hydroxylation is 1. The van der Waals surface area contributed by atoms with E-state index in [0.717, 1.165) is 56.9 Å². The maximum Gasteiger partial charge on any atom is 0.194 e. The average molecular weight is 224 g/mol. The first-order valence-corrected chi connectivity index (χ1v) is 6.09. The van der Waals surface area contributed by atoms with Crippen LogP contribution in [0.1, 0.15) is 30.8 Å². The molecule has 4 heteroatoms. The van der Waals surface area contributed by atoms with Crippen LogP contribution >= 0.6 is 0 Å². The highest BCUT2D eigenvalue weighted by molar-refractivity contribution is 4.97. The quantitative estimate of drug-likeness (QED) is 0.824. The van der Waals surface area contributed by atoms with Crippen LogP contribution in [0, 0.1) is 5.92 Å². The Labute approximate surface area is 96.2 Å². The third kappa shape index (κ3) is 3.32. The largest absolute Gasteiger partial charge is 0.449 e. The number of hydrogen-bond acceptors (Lipinski definition) is 4. The van der Waals surface area contributed by atoms with Gasteiger partial charge in [-0.25, -0.2) is 4.98 Å². The van der Waals surface area contributed by atoms with Gasteiger partial charge in [0.15, 0.2) is 5.89 Å². The highest BCUT2D eigenvalue weighted by Crippen LogP contribution is 2.19. The summed E-state index contributed by atoms with van der Waals surface area (Å²) in [6.45, 7) is 2.47. The van der Waals surface area contributed by atoms with Crippen molar-refractivity contribution < 1.29 is 9.15 Å². The molecule has 2 N–H and O–H groups in total. The smallest absolute Gasteiger partial charge is 0.194 e. The molecule has 0 radical (unpaired) electrons. The molecule has 1 aromatic heterocycles. The maximum absolute atomic E-state index is 5.47. The minimum absolute atomic E-state index is 0.676. The Bertz CT molecular complexity index is 306. The molecule has 0 spiro atoms. The number of oxazole rings is 1. The zero-order valence-electron chi connectivity index (χ0n) is 9.65. The van der Waals surface area contributed by atoms with Gasteiger partial charge < -0.3 is 14.9 Å². The molecule has 1 saturated heterocycles. The van der Waals surface area contributed by atoms with E-state index in [1.807, 2.05) is 0 Å². The van der Waals surface area contributed by atoms with Crippen LogP contribution in [0.5, 0.6) is 0 Å². The third-order valence-electron chi connectivity index (χ3n) is 3.04. The lowest BCUT2D eigenvalue weighted by Crippen LogP contribution is -2.17. The predicted octanol–water partition coefficient (Wildman–Crippen LogP) is 1.53. The van der Waals surface area contributed by atoms with Gasteiger partial charge in [-0.3, -0.25) is 0 Å². The molecule has 1 aliphatic heterocycles. The minimum atomic E-state index is 0.676. The van der Waals surface area contributed by atoms with Crippen LogP contribution in [0.25, 0.3) is 0 Å². The normalized spacial score (nSPS) is 17.8. The van der Waals surface area contributed by atoms with Gasteiger partial charge in [0.05, 0.1) is 5.69 Å². The molecule has 2 rings (SSSR count). The number of hydrogen-bond donors (Lipinski definition) is 1. The van der Waals surface area contributed by atoms with Crippen LogP contribution in [-0.4, -0.2) is 24.7 Å². The molecule has 1 aliphatic rings. The second-order valence-corrected chi connectivity index (χ2v) is 4.38. The van der Waals surface area contributed by atoms with Crippen molar-refractivity contribution in [3.63, 3.8) is 0 Å². The van der Waals surface area contributed by atoms with E-state index in [4.69, 9.17) is 14.9 Å². The van der Waals surface area contributed by atoms with Gasteiger partial charge in [-0.05, 0) is 38.1 Å². The van der Waals surface area contributed by atoms with Gasteiger partial charge in [-0.2, -0.15) is 0 Å². The summed E-state index contributed by atoms with van der Waals surface area (Å²) in [5.41, 5.74) is 6.50. The van der Waals surface area contributed by atoms with Gasteiger partial charge in [0.2, 0.25) is 0 Å². The molecule has 0 bridgehead atoms. The number of ether oxygens (including phenoxy) is 1. The summed E-state index contributed by atoms with van der Waals surface area (Å²) >= 11 is 0. The molecule has 0 unspecified atom stereocenters. The van der Waals surface area contributed by atoms with E-state index in [9.17, 15) is 0 Å². The summed E-state index contributed by atoms with van der Waals surface area (Å²) in [4.78, 5) is 4.48. The highest BCUT2D eigenvalue weighted by Gasteiger charge is 2.16. The molecule has 4 nitrogen and oxygen atoms in total. The van der Waals surface area contributed by atoms with Gasteiger partial charge in [-0.15, -0.1) is 0 Å². The predicted molar refractivity (Wildman–Crippen MR) is 61.1 cm³/mol. The Morgan fingerprint density at radius 2 is 2.19 bits per heavy atom. The highest BCUT2D eigenvalue weighted by atomic mass is 16.5. The Balaban J connectivity index is 1.81. The third-order valence-corrected chi connectivity index (χ3v) is 3.04. The van der Waals surface area contributed by atoms with Crippen molar-refractivity contribution >= 4 is 0 Å². The average Bonchev–Trinajstić information content (AvgIpc) is 2.75. The molecule has 0 saturated carbocycles. The number of nitrogens with two attached hydrogens (primary N) is 1. The van der Waals surface area contributed by atoms with E-state index in [1.54, 1.807) is 6.26 Å². The zero-order chi connectivity index (χ0) is 11.2. The first-order chi connectivity index (χ1) is 7.88. The Morgan fingerprint density at radius 3 is 2.94 bits per heavy atom. The van der Waals surface area contributed by atoms with Crippen LogP contribution in [0.3, 0.4) is 0 Å². The molecular formula is C12H20N2O2. The van der Waals surface area contributed by atoms with Crippen LogP contribution in [-0.2, 0) is 17.6 Å². The van der Waals surface area contributed by atoms with E-state index in [-0.39, 0.29) is 0 Å². The summed E-state index contributed by atoms with van der Waals surface area (Å²) in [5.74, 6) is 1.55. The van der Waals surface area contributed by atoms with Crippen molar-refractivity contribution in [3.05, 3.63) is 17.8 Å². The summed E-state index contributed by atoms with van der Waals surface area (Å²) in [5, 5.41) is 0. The molecule has 1 aromatic rings. The maximum atomic E-state index is 5.47. The summed E-state index contributed by atoms with van der Waals surface area (Å²) in [7, 11) is 0. The van der Waals surface area contributed by atoms with E-state index in [0.29, 0.717) is 12.5 Å². The minimum Gasteiger partial charge on any atom is -0.449 e. The standard InChI is InChI=1S/C12H20N2O2/c13-5-1-2-11-9-16-12(14-11)8-10-3-6-15-7-4-10/h9-10H,1-8,13H2. The van der Waals surface area contributed by atoms with E-state index in [1.165, 1.54) is 0 Å². The molecule has 1 fully saturated rings. The van der Waals surface area contributed by atoms with Crippen molar-refractivity contribution in [2.24, 2.45) is 11.7 Å². The molecule has 2 heterocycles. The fourth-order valence-corrected chi connectivity index (χ4v) is 2.04. The van der Waals surface area contributed by atoms with Crippen molar-refractivity contribution in [1.82, 2.24) is 4.98 Å². The van der Waals surface area contributed by atoms with Crippen LogP contribution in [0.2, 0.25) is 0 Å². The molecule has 0 atom stereocenters. The van der Waals surface area contributed by atoms with Crippen molar-refractivity contribution in [2.75, 3.05) is 19.8 Å². The summed E-state index contributed by atoms with van der Waals surface area (Å²) < 4.78 is 10.8. The second-order valence-electron chi connectivity index (χ2n) is 4.38. The molecule has 0 aliphatic carbocycles. The monoisotopic (exact) mass is 224 g/mol. The van der Waals surface area contributed by atoms with Crippen LogP contribution < -0.4 is 5.73 Å². The van der Waals surface area contributed by atoms with Crippen molar-refractivity contribution in [3.8, 4) is 0 Å². The van der Waals surface area contributed by atoms with Crippen molar-refractivity contribution in [2.45, 2.75) is 32.1 Å². The molecule has 16 heavy (non-hydrogen) atoms. The topological polar surface area (TPSA) is 61.3 Å². The second kappa shape index (κ2) is 6.01. The summed E-state index contributed by atoms with van der Waals surface area (Å²) in [6.07, 6.45) is 6.87. The van der Waals surface area contributed by atoms with Crippen molar-refractivity contribution in [1.29, 1.82) is 0 Å². The van der Waals surface area contributed by atoms with Crippen LogP contribution in [0.4, 0.5) is 0 Å². The molecule has 0 aromatic carbocycles. The summed E-state index contributed by atoms with van der Waals surface area (Å²) in [6, 6.07) is 0. The number of aromatic nitrogens is 1. The SMILES string of the molecule is NCCCc1coc(CC2CCOCC2)n1. The van der Waals surface area contributed by atoms with Gasteiger partial charge >= 0.3 is 0 Å². The Hall–Kier alpha value is -0.870. The van der Waals surface area contributed by atoms with E-state index >= 15 is 0 Å². The number of nitrogens with zero attached hydrogens (tertiary/aromatic N) is 1. The molecule has 90 valence electrons. The van der Waals surface area contributed by atoms with Crippen LogP contribution in [0.15, 0.2) is 10.7 Å². The van der Waals surface area contributed by atoms with Gasteiger partial charge in [0.1, 0.15) is 6.26 Å². The van der Waals surface area contributed by atoms with E-state index < -0.39 is 0 Å². The lowest BCUT2D eigenvalue weighted by atomic mass is 9.97. The first kappa shape index (κ1) is 11.6. The number of rotatable bonds is 5. The zero-order valence-corrected chi connectivity index (χ0v) is 9.65. The Kier molecular flexibility index (Phi) is 4.36. The van der Waals surface area contributed by atoms with E-state index in [2.05, 4.69) is 4.98 Å². The fourth-order valence-electron chi connectivity index (χ4n) is 2.04. The lowest BCUT2D eigenvalue weighted by Gasteiger charge is -2.20. The Morgan fingerprint density at radius 1 is 1.38 bits per heavy atom. The van der Waals surface area contributed by atoms with Gasteiger partial charge in [0, 0.05) is 19.6 Å². The molecular weight excluding hydrogens is 204 g/mol. The first-order valence-electron chi connectivity index (χ1n) is 6.09.